The number of nitrogens with one attached hydrogen (secondary N) is 1. The maximum Gasteiger partial charge on any atom is 0.243 e. The molecule has 0 aliphatic rings. The molecular formula is C24H26FN7O4S. The van der Waals surface area contributed by atoms with E-state index in [0.717, 1.165) is 18.1 Å². The molecule has 1 N–H and O–H groups in total. The van der Waals surface area contributed by atoms with Gasteiger partial charge in [0, 0.05) is 12.1 Å². The minimum Gasteiger partial charge on any atom is -0.494 e. The Morgan fingerprint density at radius 1 is 1.03 bits per heavy atom. The summed E-state index contributed by atoms with van der Waals surface area (Å²) in [4.78, 5) is 12.4. The molecule has 0 aliphatic heterocycles. The number of ether oxygens (including phenoxy) is 2. The highest BCUT2D eigenvalue weighted by atomic mass is 32.2. The third-order valence-corrected chi connectivity index (χ3v) is 7.29. The highest BCUT2D eigenvalue weighted by Gasteiger charge is 2.29. The second-order valence-electron chi connectivity index (χ2n) is 8.04. The summed E-state index contributed by atoms with van der Waals surface area (Å²) >= 11 is 0. The lowest BCUT2D eigenvalue weighted by Crippen LogP contribution is -2.29. The van der Waals surface area contributed by atoms with E-state index in [1.807, 2.05) is 19.1 Å². The van der Waals surface area contributed by atoms with Crippen LogP contribution in [0.1, 0.15) is 25.4 Å². The van der Waals surface area contributed by atoms with Crippen LogP contribution >= 0.6 is 0 Å². The van der Waals surface area contributed by atoms with E-state index in [-0.39, 0.29) is 24.0 Å². The predicted octanol–water partition coefficient (Wildman–Crippen LogP) is 3.21. The van der Waals surface area contributed by atoms with Crippen molar-refractivity contribution in [2.75, 3.05) is 18.9 Å². The zero-order chi connectivity index (χ0) is 26.6. The number of nitrogens with zero attached hydrogens (tertiary/aromatic N) is 6. The van der Waals surface area contributed by atoms with Gasteiger partial charge in [-0.15, -0.1) is 10.2 Å². The van der Waals surface area contributed by atoms with Gasteiger partial charge in [-0.25, -0.2) is 27.8 Å². The van der Waals surface area contributed by atoms with Gasteiger partial charge in [-0.1, -0.05) is 19.1 Å². The largest absolute Gasteiger partial charge is 0.494 e. The maximum atomic E-state index is 13.3. The van der Waals surface area contributed by atoms with Gasteiger partial charge in [-0.3, -0.25) is 9.29 Å². The summed E-state index contributed by atoms with van der Waals surface area (Å²) < 4.78 is 54.9. The first-order valence-corrected chi connectivity index (χ1v) is 12.9. The van der Waals surface area contributed by atoms with E-state index in [2.05, 4.69) is 29.9 Å². The van der Waals surface area contributed by atoms with Crippen molar-refractivity contribution in [3.05, 3.63) is 66.1 Å². The molecule has 0 aliphatic carbocycles. The fourth-order valence-corrected chi connectivity index (χ4v) is 4.58. The second-order valence-corrected chi connectivity index (χ2v) is 10.1. The molecule has 3 heterocycles. The maximum absolute atomic E-state index is 13.3. The van der Waals surface area contributed by atoms with Crippen molar-refractivity contribution in [1.29, 1.82) is 0 Å². The summed E-state index contributed by atoms with van der Waals surface area (Å²) in [6, 6.07) is 10.7. The van der Waals surface area contributed by atoms with Crippen molar-refractivity contribution in [2.24, 2.45) is 0 Å². The van der Waals surface area contributed by atoms with E-state index in [1.165, 1.54) is 25.7 Å². The first-order valence-electron chi connectivity index (χ1n) is 11.4. The number of pyridine rings is 1. The number of aromatic nitrogens is 6. The zero-order valence-electron chi connectivity index (χ0n) is 20.7. The van der Waals surface area contributed by atoms with Gasteiger partial charge in [0.1, 0.15) is 28.7 Å². The van der Waals surface area contributed by atoms with Gasteiger partial charge in [0.15, 0.2) is 11.6 Å². The Hall–Kier alpha value is -4.13. The van der Waals surface area contributed by atoms with Gasteiger partial charge in [-0.05, 0) is 37.6 Å². The molecule has 3 aromatic heterocycles. The number of benzene rings is 1. The van der Waals surface area contributed by atoms with Crippen LogP contribution in [0.2, 0.25) is 0 Å². The number of hydrogen-bond acceptors (Lipinski definition) is 9. The summed E-state index contributed by atoms with van der Waals surface area (Å²) in [5.74, 6) is 0.581. The number of halogens is 1. The third-order valence-electron chi connectivity index (χ3n) is 5.59. The van der Waals surface area contributed by atoms with E-state index < -0.39 is 21.1 Å². The molecule has 0 spiro atoms. The number of hydrogen-bond donors (Lipinski definition) is 1. The van der Waals surface area contributed by atoms with E-state index in [4.69, 9.17) is 9.47 Å². The zero-order valence-corrected chi connectivity index (χ0v) is 21.5. The highest BCUT2D eigenvalue weighted by molar-refractivity contribution is 7.93. The van der Waals surface area contributed by atoms with Gasteiger partial charge >= 0.3 is 0 Å². The predicted molar refractivity (Wildman–Crippen MR) is 135 cm³/mol. The summed E-state index contributed by atoms with van der Waals surface area (Å²) in [7, 11) is -1.04. The molecule has 37 heavy (non-hydrogen) atoms. The molecule has 4 aromatic rings. The molecule has 0 saturated heterocycles. The third kappa shape index (κ3) is 5.50. The Kier molecular flexibility index (Phi) is 7.62. The van der Waals surface area contributed by atoms with E-state index in [9.17, 15) is 12.8 Å². The lowest BCUT2D eigenvalue weighted by atomic mass is 10.2. The summed E-state index contributed by atoms with van der Waals surface area (Å²) in [6.45, 7) is 3.47. The molecule has 0 bridgehead atoms. The Balaban J connectivity index is 1.82. The number of anilines is 1. The van der Waals surface area contributed by atoms with Crippen molar-refractivity contribution in [1.82, 2.24) is 29.7 Å². The van der Waals surface area contributed by atoms with Crippen LogP contribution in [0.15, 0.2) is 48.8 Å². The standard InChI is InChI=1S/C24H26FN7O4S/c1-5-17-8-6-9-18(28-17)23-29-30-24(32(23)22-19(35-3)10-7-11-20(22)36-4)31-37(33,34)15(2)12-21-26-13-16(25)14-27-21/h6-11,13-15H,5,12H2,1-4H3,(H,30,31)/t15-/m1/s1. The van der Waals surface area contributed by atoms with Crippen molar-refractivity contribution in [3.8, 4) is 28.7 Å². The average molecular weight is 528 g/mol. The Morgan fingerprint density at radius 2 is 1.68 bits per heavy atom. The first-order chi connectivity index (χ1) is 17.8. The molecular weight excluding hydrogens is 501 g/mol. The first kappa shape index (κ1) is 25.9. The molecule has 1 aromatic carbocycles. The van der Waals surface area contributed by atoms with Crippen LogP contribution in [0.25, 0.3) is 17.2 Å². The van der Waals surface area contributed by atoms with Crippen LogP contribution in [0.5, 0.6) is 11.5 Å². The van der Waals surface area contributed by atoms with Gasteiger partial charge < -0.3 is 9.47 Å². The summed E-state index contributed by atoms with van der Waals surface area (Å²) in [5.41, 5.74) is 1.70. The van der Waals surface area contributed by atoms with Gasteiger partial charge in [0.05, 0.1) is 31.9 Å². The normalized spacial score (nSPS) is 12.2. The second kappa shape index (κ2) is 10.9. The fraction of sp³-hybridized carbons (Fsp3) is 0.292. The topological polar surface area (TPSA) is 134 Å². The minimum absolute atomic E-state index is 0.0469. The summed E-state index contributed by atoms with van der Waals surface area (Å²) in [5, 5.41) is 7.45. The molecule has 0 fully saturated rings. The van der Waals surface area contributed by atoms with Crippen LogP contribution in [-0.4, -0.2) is 57.6 Å². The fourth-order valence-electron chi connectivity index (χ4n) is 3.62. The number of sulfonamides is 1. The molecule has 4 rings (SSSR count). The molecule has 11 nitrogen and oxygen atoms in total. The van der Waals surface area contributed by atoms with Crippen LogP contribution in [0, 0.1) is 5.82 Å². The van der Waals surface area contributed by atoms with Crippen molar-refractivity contribution in [3.63, 3.8) is 0 Å². The van der Waals surface area contributed by atoms with E-state index >= 15 is 0 Å². The number of aryl methyl sites for hydroxylation is 1. The van der Waals surface area contributed by atoms with Crippen molar-refractivity contribution in [2.45, 2.75) is 31.9 Å². The van der Waals surface area contributed by atoms with Gasteiger partial charge in [0.2, 0.25) is 16.0 Å². The van der Waals surface area contributed by atoms with Crippen LogP contribution in [-0.2, 0) is 22.9 Å². The van der Waals surface area contributed by atoms with E-state index in [0.29, 0.717) is 29.3 Å². The number of rotatable bonds is 10. The van der Waals surface area contributed by atoms with Crippen molar-refractivity contribution >= 4 is 16.0 Å². The SMILES string of the molecule is CCc1cccc(-c2nnc(NS(=O)(=O)[C@H](C)Cc3ncc(F)cn3)n2-c2c(OC)cccc2OC)n1. The summed E-state index contributed by atoms with van der Waals surface area (Å²) in [6.07, 6.45) is 2.63. The van der Waals surface area contributed by atoms with Crippen molar-refractivity contribution < 1.29 is 22.3 Å². The molecule has 0 amide bonds. The lowest BCUT2D eigenvalue weighted by molar-refractivity contribution is 0.391. The quantitative estimate of drug-likeness (QED) is 0.330. The minimum atomic E-state index is -4.02. The van der Waals surface area contributed by atoms with Crippen LogP contribution in [0.3, 0.4) is 0 Å². The molecule has 194 valence electrons. The molecule has 1 atom stereocenters. The Bertz CT molecular complexity index is 1470. The highest BCUT2D eigenvalue weighted by Crippen LogP contribution is 2.37. The van der Waals surface area contributed by atoms with Gasteiger partial charge in [0.25, 0.3) is 0 Å². The smallest absolute Gasteiger partial charge is 0.243 e. The lowest BCUT2D eigenvalue weighted by Gasteiger charge is -2.19. The monoisotopic (exact) mass is 527 g/mol. The average Bonchev–Trinajstić information content (AvgIpc) is 3.31. The van der Waals surface area contributed by atoms with Crippen LogP contribution < -0.4 is 14.2 Å². The number of methoxy groups -OCH3 is 2. The Morgan fingerprint density at radius 3 is 2.30 bits per heavy atom. The van der Waals surface area contributed by atoms with E-state index in [1.54, 1.807) is 24.3 Å². The Labute approximate surface area is 213 Å². The van der Waals surface area contributed by atoms with Gasteiger partial charge in [-0.2, -0.15) is 0 Å². The molecule has 0 unspecified atom stereocenters. The molecule has 0 saturated carbocycles. The van der Waals surface area contributed by atoms with Crippen LogP contribution in [0.4, 0.5) is 10.3 Å². The number of para-hydroxylation sites is 1. The molecule has 13 heteroatoms. The molecule has 0 radical (unpaired) electrons.